The zero-order valence-corrected chi connectivity index (χ0v) is 15.4. The van der Waals surface area contributed by atoms with E-state index in [0.717, 1.165) is 13.0 Å². The van der Waals surface area contributed by atoms with Crippen molar-refractivity contribution in [3.05, 3.63) is 47.7 Å². The van der Waals surface area contributed by atoms with Crippen LogP contribution in [0.2, 0.25) is 5.02 Å². The first-order valence-corrected chi connectivity index (χ1v) is 8.49. The molecule has 6 heteroatoms. The van der Waals surface area contributed by atoms with Crippen molar-refractivity contribution >= 4 is 45.9 Å². The highest BCUT2D eigenvalue weighted by molar-refractivity contribution is 14.1. The Morgan fingerprint density at radius 3 is 3.00 bits per heavy atom. The standard InChI is InChI=1S/C16H19ClIN3O/c1-3-8-16(18)12-21(10-5-9-20(16)2)15(22)19-14-7-4-6-13(17)11-14/h4,6-8,11H,1,5,9-10,12H2,2H3,(H,19,22). The van der Waals surface area contributed by atoms with E-state index < -0.39 is 0 Å². The highest BCUT2D eigenvalue weighted by Gasteiger charge is 2.35. The second-order valence-corrected chi connectivity index (χ2v) is 7.61. The molecule has 1 unspecified atom stereocenters. The van der Waals surface area contributed by atoms with Gasteiger partial charge in [0.1, 0.15) is 3.55 Å². The number of amides is 2. The molecule has 22 heavy (non-hydrogen) atoms. The molecule has 0 radical (unpaired) electrons. The lowest BCUT2D eigenvalue weighted by Crippen LogP contribution is -2.48. The van der Waals surface area contributed by atoms with Crippen LogP contribution in [0.15, 0.2) is 42.7 Å². The van der Waals surface area contributed by atoms with E-state index >= 15 is 0 Å². The van der Waals surface area contributed by atoms with Gasteiger partial charge in [-0.3, -0.25) is 4.90 Å². The van der Waals surface area contributed by atoms with E-state index in [1.165, 1.54) is 0 Å². The molecule has 2 rings (SSSR count). The van der Waals surface area contributed by atoms with Crippen molar-refractivity contribution < 1.29 is 4.79 Å². The molecule has 0 aromatic heterocycles. The molecule has 1 heterocycles. The molecule has 0 saturated carbocycles. The maximum Gasteiger partial charge on any atom is 0.321 e. The van der Waals surface area contributed by atoms with Crippen molar-refractivity contribution in [3.63, 3.8) is 0 Å². The summed E-state index contributed by atoms with van der Waals surface area (Å²) in [7, 11) is 2.05. The Morgan fingerprint density at radius 1 is 1.55 bits per heavy atom. The minimum absolute atomic E-state index is 0.115. The second kappa shape index (κ2) is 7.51. The molecular weight excluding hydrogens is 413 g/mol. The van der Waals surface area contributed by atoms with Gasteiger partial charge in [0.2, 0.25) is 0 Å². The minimum atomic E-state index is -0.290. The zero-order chi connectivity index (χ0) is 16.2. The number of halogens is 2. The highest BCUT2D eigenvalue weighted by Crippen LogP contribution is 2.28. The topological polar surface area (TPSA) is 35.6 Å². The van der Waals surface area contributed by atoms with Gasteiger partial charge in [0.25, 0.3) is 0 Å². The third-order valence-electron chi connectivity index (χ3n) is 3.66. The van der Waals surface area contributed by atoms with E-state index in [9.17, 15) is 4.79 Å². The SMILES string of the molecule is C=C=CC1(I)CN(C(=O)Nc2cccc(Cl)c2)CCCN1C. The number of rotatable bonds is 2. The molecule has 0 spiro atoms. The number of nitrogens with one attached hydrogen (secondary N) is 1. The lowest BCUT2D eigenvalue weighted by Gasteiger charge is -2.34. The number of hydrogen-bond donors (Lipinski definition) is 1. The number of alkyl halides is 1. The predicted octanol–water partition coefficient (Wildman–Crippen LogP) is 3.98. The lowest BCUT2D eigenvalue weighted by atomic mass is 10.2. The van der Waals surface area contributed by atoms with Gasteiger partial charge < -0.3 is 10.2 Å². The van der Waals surface area contributed by atoms with Crippen LogP contribution in [0, 0.1) is 0 Å². The van der Waals surface area contributed by atoms with Crippen molar-refractivity contribution in [1.29, 1.82) is 0 Å². The summed E-state index contributed by atoms with van der Waals surface area (Å²) in [6.45, 7) is 5.88. The number of carbonyl (C=O) groups is 1. The van der Waals surface area contributed by atoms with E-state index in [4.69, 9.17) is 11.6 Å². The second-order valence-electron chi connectivity index (χ2n) is 5.30. The molecule has 1 aromatic rings. The summed E-state index contributed by atoms with van der Waals surface area (Å²) in [5, 5.41) is 3.51. The molecule has 0 bridgehead atoms. The van der Waals surface area contributed by atoms with Crippen molar-refractivity contribution in [2.75, 3.05) is 32.0 Å². The number of anilines is 1. The van der Waals surface area contributed by atoms with Gasteiger partial charge in [-0.1, -0.05) is 46.8 Å². The van der Waals surface area contributed by atoms with Gasteiger partial charge in [-0.15, -0.1) is 5.73 Å². The average molecular weight is 432 g/mol. The number of hydrogen-bond acceptors (Lipinski definition) is 2. The first-order chi connectivity index (χ1) is 10.4. The lowest BCUT2D eigenvalue weighted by molar-refractivity contribution is 0.203. The fourth-order valence-corrected chi connectivity index (χ4v) is 3.47. The van der Waals surface area contributed by atoms with Crippen LogP contribution in [0.5, 0.6) is 0 Å². The van der Waals surface area contributed by atoms with Crippen LogP contribution in [0.1, 0.15) is 6.42 Å². The molecule has 1 fully saturated rings. The Kier molecular flexibility index (Phi) is 5.92. The molecular formula is C16H19ClIN3O. The Labute approximate surface area is 149 Å². The average Bonchev–Trinajstić information content (AvgIpc) is 2.59. The molecule has 1 N–H and O–H groups in total. The van der Waals surface area contributed by atoms with E-state index in [1.54, 1.807) is 12.1 Å². The number of benzene rings is 1. The summed E-state index contributed by atoms with van der Waals surface area (Å²) in [5.41, 5.74) is 3.56. The van der Waals surface area contributed by atoms with Gasteiger partial charge in [-0.25, -0.2) is 4.79 Å². The summed E-state index contributed by atoms with van der Waals surface area (Å²) in [4.78, 5) is 16.6. The monoisotopic (exact) mass is 431 g/mol. The van der Waals surface area contributed by atoms with Gasteiger partial charge in [0, 0.05) is 23.8 Å². The van der Waals surface area contributed by atoms with Crippen LogP contribution in [0.25, 0.3) is 0 Å². The van der Waals surface area contributed by atoms with Gasteiger partial charge in [0.05, 0.1) is 6.54 Å². The molecule has 1 atom stereocenters. The van der Waals surface area contributed by atoms with Gasteiger partial charge >= 0.3 is 6.03 Å². The fourth-order valence-electron chi connectivity index (χ4n) is 2.41. The molecule has 0 aliphatic carbocycles. The third kappa shape index (κ3) is 4.26. The Hall–Kier alpha value is -1.01. The first kappa shape index (κ1) is 17.3. The summed E-state index contributed by atoms with van der Waals surface area (Å²) in [6, 6.07) is 7.05. The van der Waals surface area contributed by atoms with Crippen molar-refractivity contribution in [2.45, 2.75) is 9.97 Å². The number of urea groups is 1. The van der Waals surface area contributed by atoms with Crippen LogP contribution in [-0.2, 0) is 0 Å². The fraction of sp³-hybridized carbons (Fsp3) is 0.375. The first-order valence-electron chi connectivity index (χ1n) is 7.03. The van der Waals surface area contributed by atoms with Crippen LogP contribution in [0.3, 0.4) is 0 Å². The minimum Gasteiger partial charge on any atom is -0.321 e. The maximum absolute atomic E-state index is 12.5. The van der Waals surface area contributed by atoms with Crippen molar-refractivity contribution in [3.8, 4) is 0 Å². The maximum atomic E-state index is 12.5. The summed E-state index contributed by atoms with van der Waals surface area (Å²) >= 11 is 8.30. The number of carbonyl (C=O) groups excluding carboxylic acids is 1. The molecule has 1 aromatic carbocycles. The normalized spacial score (nSPS) is 22.6. The van der Waals surface area contributed by atoms with Crippen LogP contribution < -0.4 is 5.32 Å². The van der Waals surface area contributed by atoms with Gasteiger partial charge in [0.15, 0.2) is 0 Å². The highest BCUT2D eigenvalue weighted by atomic mass is 127. The summed E-state index contributed by atoms with van der Waals surface area (Å²) in [6.07, 6.45) is 2.84. The summed E-state index contributed by atoms with van der Waals surface area (Å²) < 4.78 is -0.290. The zero-order valence-electron chi connectivity index (χ0n) is 12.5. The predicted molar refractivity (Wildman–Crippen MR) is 99.8 cm³/mol. The quantitative estimate of drug-likeness (QED) is 0.333. The van der Waals surface area contributed by atoms with Crippen molar-refractivity contribution in [1.82, 2.24) is 9.80 Å². The molecule has 118 valence electrons. The summed E-state index contributed by atoms with van der Waals surface area (Å²) in [5.74, 6) is 0. The molecule has 1 saturated heterocycles. The number of likely N-dealkylation sites (N-methyl/N-ethyl adjacent to an activating group) is 1. The Bertz CT molecular complexity index is 603. The molecule has 2 amide bonds. The van der Waals surface area contributed by atoms with E-state index in [2.05, 4.69) is 52.2 Å². The Morgan fingerprint density at radius 2 is 2.32 bits per heavy atom. The molecule has 1 aliphatic rings. The van der Waals surface area contributed by atoms with Crippen LogP contribution >= 0.6 is 34.2 Å². The van der Waals surface area contributed by atoms with Gasteiger partial charge in [-0.2, -0.15) is 0 Å². The van der Waals surface area contributed by atoms with E-state index in [0.29, 0.717) is 23.8 Å². The molecule has 4 nitrogen and oxygen atoms in total. The van der Waals surface area contributed by atoms with E-state index in [-0.39, 0.29) is 9.58 Å². The van der Waals surface area contributed by atoms with Gasteiger partial charge in [-0.05, 0) is 37.7 Å². The van der Waals surface area contributed by atoms with Crippen molar-refractivity contribution in [2.24, 2.45) is 0 Å². The van der Waals surface area contributed by atoms with Crippen LogP contribution in [0.4, 0.5) is 10.5 Å². The van der Waals surface area contributed by atoms with E-state index in [1.807, 2.05) is 23.1 Å². The Balaban J connectivity index is 2.13. The van der Waals surface area contributed by atoms with Crippen LogP contribution in [-0.4, -0.2) is 46.1 Å². The smallest absolute Gasteiger partial charge is 0.321 e. The largest absolute Gasteiger partial charge is 0.321 e. The third-order valence-corrected chi connectivity index (χ3v) is 5.37. The molecule has 1 aliphatic heterocycles. The number of nitrogens with zero attached hydrogens (tertiary/aromatic N) is 2.